The van der Waals surface area contributed by atoms with Crippen LogP contribution in [-0.2, 0) is 21.0 Å². The molecule has 0 spiro atoms. The van der Waals surface area contributed by atoms with Crippen LogP contribution < -0.4 is 20.9 Å². The van der Waals surface area contributed by atoms with Crippen LogP contribution in [0.5, 0.6) is 5.75 Å². The van der Waals surface area contributed by atoms with Gasteiger partial charge in [0.1, 0.15) is 35.4 Å². The van der Waals surface area contributed by atoms with E-state index in [0.29, 0.717) is 47.4 Å². The molecule has 2 aliphatic heterocycles. The van der Waals surface area contributed by atoms with E-state index < -0.39 is 0 Å². The topological polar surface area (TPSA) is 164 Å². The number of amides is 2. The predicted octanol–water partition coefficient (Wildman–Crippen LogP) is 2.67. The van der Waals surface area contributed by atoms with E-state index in [9.17, 15) is 14.4 Å². The first-order valence-electron chi connectivity index (χ1n) is 13.2. The van der Waals surface area contributed by atoms with E-state index in [4.69, 9.17) is 14.8 Å². The first-order chi connectivity index (χ1) is 18.9. The van der Waals surface area contributed by atoms with Crippen molar-refractivity contribution >= 4 is 29.5 Å². The Hall–Kier alpha value is -3.90. The van der Waals surface area contributed by atoms with E-state index in [-0.39, 0.29) is 42.8 Å². The average Bonchev–Trinajstić information content (AvgIpc) is 3.46. The predicted molar refractivity (Wildman–Crippen MR) is 142 cm³/mol. The number of oxime groups is 1. The maximum absolute atomic E-state index is 12.9. The van der Waals surface area contributed by atoms with Gasteiger partial charge in [-0.25, -0.2) is 15.4 Å². The summed E-state index contributed by atoms with van der Waals surface area (Å²) in [6.07, 6.45) is 5.84. The lowest BCUT2D eigenvalue weighted by Crippen LogP contribution is -2.34. The van der Waals surface area contributed by atoms with E-state index in [1.54, 1.807) is 25.1 Å². The van der Waals surface area contributed by atoms with Crippen molar-refractivity contribution < 1.29 is 29.2 Å². The minimum absolute atomic E-state index is 0.00211. The number of hydrogen-bond acceptors (Lipinski definition) is 10. The Bertz CT molecular complexity index is 1230. The van der Waals surface area contributed by atoms with Gasteiger partial charge in [0.05, 0.1) is 11.4 Å². The Kier molecular flexibility index (Phi) is 9.55. The fourth-order valence-corrected chi connectivity index (χ4v) is 4.77. The number of nitrogens with one attached hydrogen (secondary N) is 3. The molecule has 2 aromatic rings. The third kappa shape index (κ3) is 7.36. The van der Waals surface area contributed by atoms with E-state index in [2.05, 4.69) is 31.2 Å². The normalized spacial score (nSPS) is 21.7. The lowest BCUT2D eigenvalue weighted by molar-refractivity contribution is -0.118. The third-order valence-corrected chi connectivity index (χ3v) is 6.84. The molecule has 0 radical (unpaired) electrons. The van der Waals surface area contributed by atoms with Gasteiger partial charge >= 0.3 is 0 Å². The number of carbonyl (C=O) groups excluding carboxylic acids is 3. The van der Waals surface area contributed by atoms with Crippen LogP contribution in [0.15, 0.2) is 29.4 Å². The van der Waals surface area contributed by atoms with Gasteiger partial charge in [-0.15, -0.1) is 0 Å². The molecule has 4 N–H and O–H groups in total. The Labute approximate surface area is 226 Å². The first kappa shape index (κ1) is 28.1. The van der Waals surface area contributed by atoms with Crippen molar-refractivity contribution in [2.45, 2.75) is 71.1 Å². The number of rotatable bonds is 7. The molecule has 1 aromatic carbocycles. The Balaban J connectivity index is 0.000000826. The summed E-state index contributed by atoms with van der Waals surface area (Å²) in [5.74, 6) is 0.909. The highest BCUT2D eigenvalue weighted by Gasteiger charge is 2.34. The number of benzene rings is 1. The fourth-order valence-electron chi connectivity index (χ4n) is 4.77. The number of nitrogens with zero attached hydrogens (tertiary/aromatic N) is 3. The maximum Gasteiger partial charge on any atom is 0.270 e. The SMILES string of the molecule is CCC=O.Cc1nc(C(=O)NCc2ccc3c(c2)NC(=O)CO3)cc(C2=NO[C@@H](C3CCC(NO)CC3)C2)n1. The van der Waals surface area contributed by atoms with Crippen molar-refractivity contribution in [3.8, 4) is 5.75 Å². The minimum Gasteiger partial charge on any atom is -0.482 e. The molecule has 1 aliphatic carbocycles. The Morgan fingerprint density at radius 2 is 1.97 bits per heavy atom. The van der Waals surface area contributed by atoms with E-state index in [0.717, 1.165) is 37.5 Å². The standard InChI is InChI=1S/C24H28N6O5.C3H6O/c1-13-26-17(18-10-22(35-30-18)15-3-5-16(29-33)6-4-15)9-20(27-13)24(32)25-11-14-2-7-21-19(8-14)28-23(31)12-34-21;1-2-3-4/h2,7-9,15-16,22,29,33H,3-6,10-12H2,1H3,(H,25,32)(H,28,31);3H,2H2,1H3/t15?,16?,22-;/m1./s1. The smallest absolute Gasteiger partial charge is 0.270 e. The van der Waals surface area contributed by atoms with Gasteiger partial charge in [-0.2, -0.15) is 0 Å². The molecular weight excluding hydrogens is 504 g/mol. The molecule has 1 aromatic heterocycles. The van der Waals surface area contributed by atoms with Crippen molar-refractivity contribution in [1.29, 1.82) is 0 Å². The zero-order valence-electron chi connectivity index (χ0n) is 22.1. The monoisotopic (exact) mass is 538 g/mol. The summed E-state index contributed by atoms with van der Waals surface area (Å²) in [4.78, 5) is 48.1. The molecular formula is C27H34N6O6. The molecule has 39 heavy (non-hydrogen) atoms. The van der Waals surface area contributed by atoms with Crippen LogP contribution in [0.25, 0.3) is 0 Å². The van der Waals surface area contributed by atoms with E-state index in [1.165, 1.54) is 0 Å². The summed E-state index contributed by atoms with van der Waals surface area (Å²) in [5.41, 5.74) is 5.32. The molecule has 2 amide bonds. The zero-order chi connectivity index (χ0) is 27.8. The highest BCUT2D eigenvalue weighted by Crippen LogP contribution is 2.33. The summed E-state index contributed by atoms with van der Waals surface area (Å²) in [6.45, 7) is 3.81. The highest BCUT2D eigenvalue weighted by atomic mass is 16.6. The van der Waals surface area contributed by atoms with Crippen molar-refractivity contribution in [3.63, 3.8) is 0 Å². The lowest BCUT2D eigenvalue weighted by atomic mass is 9.81. The lowest BCUT2D eigenvalue weighted by Gasteiger charge is -2.29. The molecule has 3 aliphatic rings. The molecule has 0 saturated heterocycles. The summed E-state index contributed by atoms with van der Waals surface area (Å²) >= 11 is 0. The van der Waals surface area contributed by atoms with E-state index in [1.807, 2.05) is 13.0 Å². The molecule has 5 rings (SSSR count). The van der Waals surface area contributed by atoms with Crippen LogP contribution in [0.2, 0.25) is 0 Å². The molecule has 1 atom stereocenters. The van der Waals surface area contributed by atoms with Gasteiger partial charge < -0.3 is 30.2 Å². The maximum atomic E-state index is 12.9. The van der Waals surface area contributed by atoms with Crippen LogP contribution in [0.3, 0.4) is 0 Å². The number of carbonyl (C=O) groups is 3. The summed E-state index contributed by atoms with van der Waals surface area (Å²) < 4.78 is 5.37. The van der Waals surface area contributed by atoms with Gasteiger partial charge in [0.15, 0.2) is 6.61 Å². The highest BCUT2D eigenvalue weighted by molar-refractivity contribution is 6.02. The van der Waals surface area contributed by atoms with Gasteiger partial charge in [0, 0.05) is 25.4 Å². The molecule has 3 heterocycles. The van der Waals surface area contributed by atoms with Gasteiger partial charge in [0.2, 0.25) is 0 Å². The van der Waals surface area contributed by atoms with Crippen molar-refractivity contribution in [2.24, 2.45) is 11.1 Å². The minimum atomic E-state index is -0.333. The van der Waals surface area contributed by atoms with Crippen molar-refractivity contribution in [3.05, 3.63) is 47.0 Å². The van der Waals surface area contributed by atoms with Crippen LogP contribution in [-0.4, -0.2) is 57.7 Å². The van der Waals surface area contributed by atoms with Gasteiger partial charge in [-0.3, -0.25) is 9.59 Å². The molecule has 1 fully saturated rings. The van der Waals surface area contributed by atoms with Gasteiger partial charge in [0.25, 0.3) is 11.8 Å². The second-order valence-electron chi connectivity index (χ2n) is 9.74. The molecule has 12 heteroatoms. The third-order valence-electron chi connectivity index (χ3n) is 6.84. The number of hydroxylamine groups is 1. The second-order valence-corrected chi connectivity index (χ2v) is 9.74. The fraction of sp³-hybridized carbons (Fsp3) is 0.481. The van der Waals surface area contributed by atoms with E-state index >= 15 is 0 Å². The number of anilines is 1. The Morgan fingerprint density at radius 1 is 1.21 bits per heavy atom. The van der Waals surface area contributed by atoms with Crippen molar-refractivity contribution in [2.75, 3.05) is 11.9 Å². The zero-order valence-corrected chi connectivity index (χ0v) is 22.1. The van der Waals surface area contributed by atoms with Crippen LogP contribution in [0.4, 0.5) is 5.69 Å². The number of ether oxygens (including phenoxy) is 1. The molecule has 1 saturated carbocycles. The number of fused-ring (bicyclic) bond motifs is 1. The number of aromatic nitrogens is 2. The van der Waals surface area contributed by atoms with Crippen LogP contribution >= 0.6 is 0 Å². The molecule has 12 nitrogen and oxygen atoms in total. The largest absolute Gasteiger partial charge is 0.482 e. The molecule has 208 valence electrons. The average molecular weight is 539 g/mol. The second kappa shape index (κ2) is 13.3. The Morgan fingerprint density at radius 3 is 2.69 bits per heavy atom. The summed E-state index contributed by atoms with van der Waals surface area (Å²) in [7, 11) is 0. The molecule has 0 bridgehead atoms. The summed E-state index contributed by atoms with van der Waals surface area (Å²) in [5, 5.41) is 19.0. The first-order valence-corrected chi connectivity index (χ1v) is 13.2. The number of aldehydes is 1. The van der Waals surface area contributed by atoms with Crippen LogP contribution in [0, 0.1) is 12.8 Å². The van der Waals surface area contributed by atoms with Crippen molar-refractivity contribution in [1.82, 2.24) is 20.8 Å². The van der Waals surface area contributed by atoms with Crippen LogP contribution in [0.1, 0.15) is 73.0 Å². The summed E-state index contributed by atoms with van der Waals surface area (Å²) in [6, 6.07) is 7.16. The quantitative estimate of drug-likeness (QED) is 0.306. The van der Waals surface area contributed by atoms with Gasteiger partial charge in [-0.1, -0.05) is 18.1 Å². The van der Waals surface area contributed by atoms with Gasteiger partial charge in [-0.05, 0) is 62.3 Å². The number of hydrogen-bond donors (Lipinski definition) is 4. The molecule has 0 unspecified atom stereocenters. The number of aryl methyl sites for hydroxylation is 1.